The molecule has 1 heterocycles. The minimum atomic E-state index is -0.684. The highest BCUT2D eigenvalue weighted by Crippen LogP contribution is 2.16. The Hall–Kier alpha value is -3.03. The van der Waals surface area contributed by atoms with Crippen LogP contribution in [0, 0.1) is 5.82 Å². The van der Waals surface area contributed by atoms with E-state index in [1.807, 2.05) is 0 Å². The van der Waals surface area contributed by atoms with Crippen LogP contribution in [0.5, 0.6) is 6.01 Å². The van der Waals surface area contributed by atoms with Gasteiger partial charge in [0, 0.05) is 14.1 Å². The first-order valence-electron chi connectivity index (χ1n) is 6.64. The summed E-state index contributed by atoms with van der Waals surface area (Å²) in [5.41, 5.74) is 0.396. The second-order valence-corrected chi connectivity index (χ2v) is 4.59. The SMILES string of the molecule is CN(C)C=Nc1nc(OCOC(=O)c2ccccc2)ncc1F. The van der Waals surface area contributed by atoms with Gasteiger partial charge in [0.2, 0.25) is 6.79 Å². The maximum atomic E-state index is 13.5. The number of aromatic nitrogens is 2. The number of aliphatic imine (C=N–C) groups is 1. The fourth-order valence-corrected chi connectivity index (χ4v) is 1.47. The standard InChI is InChI=1S/C15H15FN4O3/c1-20(2)9-18-13-12(16)8-17-15(19-13)23-10-22-14(21)11-6-4-3-5-7-11/h3-9H,10H2,1-2H3. The number of benzene rings is 1. The summed E-state index contributed by atoms with van der Waals surface area (Å²) in [6.45, 7) is -0.393. The zero-order valence-electron chi connectivity index (χ0n) is 12.6. The van der Waals surface area contributed by atoms with Crippen molar-refractivity contribution in [1.82, 2.24) is 14.9 Å². The van der Waals surface area contributed by atoms with Gasteiger partial charge in [-0.05, 0) is 12.1 Å². The molecule has 0 unspecified atom stereocenters. The molecular weight excluding hydrogens is 303 g/mol. The zero-order chi connectivity index (χ0) is 16.7. The minimum Gasteiger partial charge on any atom is -0.426 e. The molecule has 2 aromatic rings. The summed E-state index contributed by atoms with van der Waals surface area (Å²) in [7, 11) is 3.48. The first-order valence-corrected chi connectivity index (χ1v) is 6.64. The van der Waals surface area contributed by atoms with Gasteiger partial charge in [0.05, 0.1) is 18.1 Å². The molecule has 23 heavy (non-hydrogen) atoms. The van der Waals surface area contributed by atoms with Crippen LogP contribution in [0.15, 0.2) is 41.5 Å². The molecule has 0 atom stereocenters. The number of carbonyl (C=O) groups excluding carboxylic acids is 1. The van der Waals surface area contributed by atoms with Crippen LogP contribution in [0.25, 0.3) is 0 Å². The van der Waals surface area contributed by atoms with E-state index < -0.39 is 18.6 Å². The van der Waals surface area contributed by atoms with E-state index in [2.05, 4.69) is 15.0 Å². The van der Waals surface area contributed by atoms with E-state index in [9.17, 15) is 9.18 Å². The van der Waals surface area contributed by atoms with Gasteiger partial charge >= 0.3 is 12.0 Å². The highest BCUT2D eigenvalue weighted by atomic mass is 19.1. The van der Waals surface area contributed by atoms with E-state index in [4.69, 9.17) is 9.47 Å². The summed E-state index contributed by atoms with van der Waals surface area (Å²) in [5, 5.41) is 0. The predicted molar refractivity (Wildman–Crippen MR) is 81.2 cm³/mol. The maximum absolute atomic E-state index is 13.5. The summed E-state index contributed by atoms with van der Waals surface area (Å²) < 4.78 is 23.5. The topological polar surface area (TPSA) is 76.9 Å². The van der Waals surface area contributed by atoms with Crippen molar-refractivity contribution in [2.24, 2.45) is 4.99 Å². The molecule has 0 fully saturated rings. The Morgan fingerprint density at radius 3 is 2.78 bits per heavy atom. The molecule has 1 aromatic carbocycles. The molecule has 0 aliphatic heterocycles. The number of carbonyl (C=O) groups is 1. The van der Waals surface area contributed by atoms with E-state index in [0.29, 0.717) is 5.56 Å². The van der Waals surface area contributed by atoms with Crippen LogP contribution in [0.4, 0.5) is 10.2 Å². The van der Waals surface area contributed by atoms with E-state index in [-0.39, 0.29) is 11.8 Å². The zero-order valence-corrected chi connectivity index (χ0v) is 12.6. The molecule has 120 valence electrons. The molecule has 0 amide bonds. The van der Waals surface area contributed by atoms with Gasteiger partial charge in [-0.25, -0.2) is 19.2 Å². The Labute approximate surface area is 132 Å². The number of esters is 1. The van der Waals surface area contributed by atoms with Crippen LogP contribution in [-0.4, -0.2) is 48.1 Å². The summed E-state index contributed by atoms with van der Waals surface area (Å²) in [4.78, 5) is 24.6. The van der Waals surface area contributed by atoms with Crippen molar-refractivity contribution < 1.29 is 18.7 Å². The molecule has 7 nitrogen and oxygen atoms in total. The maximum Gasteiger partial charge on any atom is 0.340 e. The average Bonchev–Trinajstić information content (AvgIpc) is 2.55. The van der Waals surface area contributed by atoms with Crippen LogP contribution >= 0.6 is 0 Å². The van der Waals surface area contributed by atoms with Gasteiger partial charge in [-0.2, -0.15) is 4.98 Å². The molecule has 0 aliphatic rings. The molecular formula is C15H15FN4O3. The fraction of sp³-hybridized carbons (Fsp3) is 0.200. The van der Waals surface area contributed by atoms with Gasteiger partial charge in [-0.15, -0.1) is 0 Å². The van der Waals surface area contributed by atoms with Crippen molar-refractivity contribution in [1.29, 1.82) is 0 Å². The van der Waals surface area contributed by atoms with Crippen LogP contribution in [0.2, 0.25) is 0 Å². The third-order valence-corrected chi connectivity index (χ3v) is 2.50. The minimum absolute atomic E-state index is 0.141. The van der Waals surface area contributed by atoms with Crippen LogP contribution in [-0.2, 0) is 4.74 Å². The van der Waals surface area contributed by atoms with Gasteiger partial charge in [0.1, 0.15) is 0 Å². The van der Waals surface area contributed by atoms with Gasteiger partial charge in [-0.3, -0.25) is 0 Å². The van der Waals surface area contributed by atoms with Crippen LogP contribution < -0.4 is 4.74 Å². The van der Waals surface area contributed by atoms with Gasteiger partial charge < -0.3 is 14.4 Å². The lowest BCUT2D eigenvalue weighted by atomic mass is 10.2. The number of hydrogen-bond donors (Lipinski definition) is 0. The van der Waals surface area contributed by atoms with Crippen LogP contribution in [0.1, 0.15) is 10.4 Å². The van der Waals surface area contributed by atoms with E-state index in [1.165, 1.54) is 6.34 Å². The summed E-state index contributed by atoms with van der Waals surface area (Å²) in [6.07, 6.45) is 2.33. The number of ether oxygens (including phenoxy) is 2. The van der Waals surface area contributed by atoms with E-state index >= 15 is 0 Å². The molecule has 0 aliphatic carbocycles. The number of nitrogens with zero attached hydrogens (tertiary/aromatic N) is 4. The molecule has 8 heteroatoms. The Bertz CT molecular complexity index is 692. The van der Waals surface area contributed by atoms with Gasteiger partial charge in [0.15, 0.2) is 11.6 Å². The molecule has 0 radical (unpaired) electrons. The first-order chi connectivity index (χ1) is 11.1. The van der Waals surface area contributed by atoms with Crippen molar-refractivity contribution in [3.63, 3.8) is 0 Å². The molecule has 1 aromatic heterocycles. The second-order valence-electron chi connectivity index (χ2n) is 4.59. The Morgan fingerprint density at radius 1 is 1.35 bits per heavy atom. The Morgan fingerprint density at radius 2 is 2.09 bits per heavy atom. The van der Waals surface area contributed by atoms with Crippen molar-refractivity contribution in [3.05, 3.63) is 47.9 Å². The lowest BCUT2D eigenvalue weighted by molar-refractivity contribution is 0.0127. The highest BCUT2D eigenvalue weighted by Gasteiger charge is 2.09. The van der Waals surface area contributed by atoms with Crippen LogP contribution in [0.3, 0.4) is 0 Å². The number of halogens is 1. The van der Waals surface area contributed by atoms with Crippen molar-refractivity contribution in [2.45, 2.75) is 0 Å². The van der Waals surface area contributed by atoms with E-state index in [0.717, 1.165) is 6.20 Å². The number of rotatable bonds is 6. The summed E-state index contributed by atoms with van der Waals surface area (Å²) >= 11 is 0. The van der Waals surface area contributed by atoms with Crippen molar-refractivity contribution in [2.75, 3.05) is 20.9 Å². The fourth-order valence-electron chi connectivity index (χ4n) is 1.47. The monoisotopic (exact) mass is 318 g/mol. The van der Waals surface area contributed by atoms with Gasteiger partial charge in [-0.1, -0.05) is 18.2 Å². The molecule has 0 bridgehead atoms. The van der Waals surface area contributed by atoms with Crippen molar-refractivity contribution >= 4 is 18.1 Å². The summed E-state index contributed by atoms with van der Waals surface area (Å²) in [5.74, 6) is -1.40. The Kier molecular flexibility index (Phi) is 5.56. The number of hydrogen-bond acceptors (Lipinski definition) is 6. The second kappa shape index (κ2) is 7.83. The van der Waals surface area contributed by atoms with Gasteiger partial charge in [0.25, 0.3) is 0 Å². The smallest absolute Gasteiger partial charge is 0.340 e. The van der Waals surface area contributed by atoms with E-state index in [1.54, 1.807) is 49.3 Å². The molecule has 0 saturated carbocycles. The quantitative estimate of drug-likeness (QED) is 0.351. The van der Waals surface area contributed by atoms with Crippen molar-refractivity contribution in [3.8, 4) is 6.01 Å². The largest absolute Gasteiger partial charge is 0.426 e. The highest BCUT2D eigenvalue weighted by molar-refractivity contribution is 5.89. The predicted octanol–water partition coefficient (Wildman–Crippen LogP) is 2.03. The normalized spacial score (nSPS) is 10.6. The average molecular weight is 318 g/mol. The third kappa shape index (κ3) is 5.03. The Balaban J connectivity index is 1.93. The molecule has 0 spiro atoms. The lowest BCUT2D eigenvalue weighted by Gasteiger charge is -2.07. The molecule has 2 rings (SSSR count). The molecule has 0 N–H and O–H groups in total. The third-order valence-electron chi connectivity index (χ3n) is 2.50. The summed E-state index contributed by atoms with van der Waals surface area (Å²) in [6, 6.07) is 8.31. The lowest BCUT2D eigenvalue weighted by Crippen LogP contribution is -2.12. The molecule has 0 saturated heterocycles. The first kappa shape index (κ1) is 16.3.